The minimum absolute atomic E-state index is 0.00463. The molecule has 6 aliphatic rings. The molecule has 7 aromatic rings. The van der Waals surface area contributed by atoms with Crippen molar-refractivity contribution in [3.05, 3.63) is 177 Å². The molecule has 67 heavy (non-hydrogen) atoms. The average Bonchev–Trinajstić information content (AvgIpc) is 4.00. The van der Waals surface area contributed by atoms with Gasteiger partial charge in [-0.25, -0.2) is 9.97 Å². The predicted octanol–water partition coefficient (Wildman–Crippen LogP) is 9.49. The summed E-state index contributed by atoms with van der Waals surface area (Å²) in [6.07, 6.45) is 5.96. The Morgan fingerprint density at radius 3 is 1.79 bits per heavy atom. The molecule has 4 bridgehead atoms. The van der Waals surface area contributed by atoms with Gasteiger partial charge >= 0.3 is 0 Å². The number of benzene rings is 4. The Morgan fingerprint density at radius 1 is 0.687 bits per heavy atom. The van der Waals surface area contributed by atoms with Crippen LogP contribution in [0.3, 0.4) is 0 Å². The fourth-order valence-electron chi connectivity index (χ4n) is 10.4. The Labute approximate surface area is 396 Å². The summed E-state index contributed by atoms with van der Waals surface area (Å²) >= 11 is 2.85. The van der Waals surface area contributed by atoms with Crippen molar-refractivity contribution in [3.63, 3.8) is 0 Å². The highest BCUT2D eigenvalue weighted by molar-refractivity contribution is 7.14. The van der Waals surface area contributed by atoms with Crippen LogP contribution < -0.4 is 20.7 Å². The zero-order valence-electron chi connectivity index (χ0n) is 37.5. The first-order valence-corrected chi connectivity index (χ1v) is 24.1. The Kier molecular flexibility index (Phi) is 11.5. The van der Waals surface area contributed by atoms with E-state index in [1.54, 1.807) is 24.4 Å². The van der Waals surface area contributed by atoms with Crippen LogP contribution in [0.5, 0.6) is 5.75 Å². The van der Waals surface area contributed by atoms with Crippen LogP contribution in [0.2, 0.25) is 0 Å². The number of aromatic nitrogens is 3. The molecule has 12 nitrogen and oxygen atoms in total. The van der Waals surface area contributed by atoms with Gasteiger partial charge in [0.25, 0.3) is 0 Å². The molecule has 4 aromatic carbocycles. The van der Waals surface area contributed by atoms with Gasteiger partial charge in [-0.3, -0.25) is 24.2 Å². The molecule has 3 N–H and O–H groups in total. The molecule has 13 rings (SSSR count). The molecule has 0 saturated carbocycles. The van der Waals surface area contributed by atoms with E-state index in [2.05, 4.69) is 50.2 Å². The molecular weight excluding hydrogens is 879 g/mol. The molecule has 7 heterocycles. The second-order valence-corrected chi connectivity index (χ2v) is 19.9. The highest BCUT2D eigenvalue weighted by atomic mass is 32.1. The van der Waals surface area contributed by atoms with Crippen LogP contribution in [0.15, 0.2) is 132 Å². The highest BCUT2D eigenvalue weighted by Gasteiger charge is 2.58. The Bertz CT molecular complexity index is 3010. The van der Waals surface area contributed by atoms with E-state index in [4.69, 9.17) is 9.72 Å². The number of hydrogen-bond acceptors (Lipinski definition) is 10. The summed E-state index contributed by atoms with van der Waals surface area (Å²) < 4.78 is 5.20. The molecule has 6 atom stereocenters. The first kappa shape index (κ1) is 43.8. The van der Waals surface area contributed by atoms with Crippen LogP contribution in [0, 0.1) is 10.8 Å². The number of methoxy groups -OCH3 is 1. The van der Waals surface area contributed by atoms with Gasteiger partial charge in [-0.2, -0.15) is 0 Å². The fourth-order valence-corrected chi connectivity index (χ4v) is 11.8. The fraction of sp³-hybridized carbons (Fsp3) is 0.264. The smallest absolute Gasteiger partial charge is 0.234 e. The van der Waals surface area contributed by atoms with Gasteiger partial charge in [-0.1, -0.05) is 84.9 Å². The summed E-state index contributed by atoms with van der Waals surface area (Å²) in [6, 6.07) is 35.6. The molecule has 2 saturated heterocycles. The lowest BCUT2D eigenvalue weighted by Crippen LogP contribution is -2.57. The van der Waals surface area contributed by atoms with Gasteiger partial charge in [-0.15, -0.1) is 22.7 Å². The number of hydrogen-bond donors (Lipinski definition) is 3. The van der Waals surface area contributed by atoms with E-state index in [9.17, 15) is 19.2 Å². The van der Waals surface area contributed by atoms with Crippen molar-refractivity contribution in [2.24, 2.45) is 10.8 Å². The van der Waals surface area contributed by atoms with Crippen LogP contribution in [-0.4, -0.2) is 57.6 Å². The average molecular weight is 928 g/mol. The maximum Gasteiger partial charge on any atom is 0.234 e. The first-order chi connectivity index (χ1) is 32.4. The van der Waals surface area contributed by atoms with E-state index in [1.807, 2.05) is 117 Å². The van der Waals surface area contributed by atoms with E-state index in [-0.39, 0.29) is 47.5 Å². The lowest BCUT2D eigenvalue weighted by atomic mass is 9.60. The second kappa shape index (κ2) is 17.6. The molecule has 6 unspecified atom stereocenters. The van der Waals surface area contributed by atoms with Gasteiger partial charge in [-0.05, 0) is 95.5 Å². The number of ether oxygens (including phenoxy) is 1. The molecule has 2 aliphatic carbocycles. The molecule has 3 aromatic heterocycles. The number of likely N-dealkylation sites (N-methyl/N-ethyl adjacent to an activating group) is 1. The zero-order chi connectivity index (χ0) is 46.5. The summed E-state index contributed by atoms with van der Waals surface area (Å²) in [7, 11) is 3.45. The number of thiazole rings is 2. The van der Waals surface area contributed by atoms with Crippen molar-refractivity contribution < 1.29 is 23.9 Å². The lowest BCUT2D eigenvalue weighted by molar-refractivity contribution is -0.151. The SMILES string of the molecule is CN1C(=O)C2CC(C)(C(=O)Nc3nc(Cc4ccc(-c5ccncc5)cc4)cs3)C1c1ccccc12.COc1ccc(Cc2csc(NC(=O)C3(C)CC4C(=O)NC3c3ccccc34)n2)cc1. The third kappa shape index (κ3) is 8.18. The van der Waals surface area contributed by atoms with Crippen molar-refractivity contribution in [1.29, 1.82) is 0 Å². The Hall–Kier alpha value is -7.03. The van der Waals surface area contributed by atoms with Crippen LogP contribution in [-0.2, 0) is 32.0 Å². The standard InChI is InChI=1S/C29H26N4O2S.C24H23N3O3S/c1-29(16-24-22-5-3-4-6-23(22)25(29)33(2)26(24)34)27(35)32-28-31-21(17-36-28)15-18-7-9-19(10-8-18)20-11-13-30-14-12-20;1-24(12-19-17-5-3-4-6-18(17)20(24)26-21(19)28)22(29)27-23-25-15(13-31-23)11-14-7-9-16(30-2)10-8-14/h3-14,17,24-25H,15-16H2,1-2H3,(H,31,32,35);3-10,13,19-20H,11-12H2,1-2H3,(H,26,28)(H,25,27,29). The van der Waals surface area contributed by atoms with Crippen molar-refractivity contribution in [2.75, 3.05) is 24.8 Å². The molecule has 14 heteroatoms. The minimum atomic E-state index is -0.727. The molecule has 4 aliphatic heterocycles. The van der Waals surface area contributed by atoms with E-state index in [1.165, 1.54) is 22.7 Å². The van der Waals surface area contributed by atoms with E-state index >= 15 is 0 Å². The normalized spacial score (nSPS) is 23.0. The lowest BCUT2D eigenvalue weighted by Gasteiger charge is -2.53. The van der Waals surface area contributed by atoms with Crippen molar-refractivity contribution in [3.8, 4) is 16.9 Å². The second-order valence-electron chi connectivity index (χ2n) is 18.2. The van der Waals surface area contributed by atoms with E-state index < -0.39 is 10.8 Å². The number of nitrogens with one attached hydrogen (secondary N) is 3. The quantitative estimate of drug-likeness (QED) is 0.123. The Morgan fingerprint density at radius 2 is 1.19 bits per heavy atom. The number of piperidine rings is 2. The van der Waals surface area contributed by atoms with Crippen molar-refractivity contribution in [1.82, 2.24) is 25.2 Å². The van der Waals surface area contributed by atoms with Gasteiger partial charge < -0.3 is 25.6 Å². The third-order valence-electron chi connectivity index (χ3n) is 14.0. The minimum Gasteiger partial charge on any atom is -0.497 e. The van der Waals surface area contributed by atoms with Crippen LogP contribution >= 0.6 is 22.7 Å². The number of fused-ring (bicyclic) bond motifs is 4. The number of carbonyl (C=O) groups is 4. The number of pyridine rings is 1. The number of nitrogens with zero attached hydrogens (tertiary/aromatic N) is 4. The van der Waals surface area contributed by atoms with Crippen LogP contribution in [0.1, 0.15) is 95.4 Å². The maximum absolute atomic E-state index is 13.6. The topological polar surface area (TPSA) is 156 Å². The van der Waals surface area contributed by atoms with Crippen LogP contribution in [0.4, 0.5) is 10.3 Å². The van der Waals surface area contributed by atoms with Gasteiger partial charge in [0, 0.05) is 43.0 Å². The molecule has 4 amide bonds. The summed E-state index contributed by atoms with van der Waals surface area (Å²) in [5.41, 5.74) is 9.13. The highest BCUT2D eigenvalue weighted by Crippen LogP contribution is 2.57. The van der Waals surface area contributed by atoms with Gasteiger partial charge in [0.2, 0.25) is 23.6 Å². The van der Waals surface area contributed by atoms with Crippen molar-refractivity contribution in [2.45, 2.75) is 63.5 Å². The summed E-state index contributed by atoms with van der Waals surface area (Å²) in [4.78, 5) is 67.4. The molecule has 0 spiro atoms. The number of rotatable bonds is 10. The van der Waals surface area contributed by atoms with Gasteiger partial charge in [0.15, 0.2) is 10.3 Å². The molecule has 0 radical (unpaired) electrons. The van der Waals surface area contributed by atoms with Crippen molar-refractivity contribution >= 4 is 56.6 Å². The molecule has 2 fully saturated rings. The summed E-state index contributed by atoms with van der Waals surface area (Å²) in [5.74, 6) is 0.142. The van der Waals surface area contributed by atoms with E-state index in [0.717, 1.165) is 61.6 Å². The zero-order valence-corrected chi connectivity index (χ0v) is 39.1. The molecular formula is C53H49N7O5S2. The summed E-state index contributed by atoms with van der Waals surface area (Å²) in [6.45, 7) is 3.90. The number of anilines is 2. The number of carbonyl (C=O) groups excluding carboxylic acids is 4. The number of amides is 4. The Balaban J connectivity index is 0.000000159. The maximum atomic E-state index is 13.6. The monoisotopic (exact) mass is 927 g/mol. The third-order valence-corrected chi connectivity index (χ3v) is 15.6. The summed E-state index contributed by atoms with van der Waals surface area (Å²) in [5, 5.41) is 14.2. The van der Waals surface area contributed by atoms with E-state index in [0.29, 0.717) is 35.9 Å². The predicted molar refractivity (Wildman–Crippen MR) is 260 cm³/mol. The van der Waals surface area contributed by atoms with Crippen LogP contribution in [0.25, 0.3) is 11.1 Å². The molecule has 338 valence electrons. The largest absolute Gasteiger partial charge is 0.497 e. The van der Waals surface area contributed by atoms with Gasteiger partial charge in [0.05, 0.1) is 53.2 Å². The van der Waals surface area contributed by atoms with Gasteiger partial charge in [0.1, 0.15) is 5.75 Å². The first-order valence-electron chi connectivity index (χ1n) is 22.3.